The van der Waals surface area contributed by atoms with Gasteiger partial charge in [0.1, 0.15) is 6.29 Å². The molecule has 0 aromatic heterocycles. The highest BCUT2D eigenvalue weighted by atomic mass is 28.3. The summed E-state index contributed by atoms with van der Waals surface area (Å²) in [4.78, 5) is 11.5. The molecule has 0 aliphatic carbocycles. The largest absolute Gasteiger partial charge is 0.303 e. The Morgan fingerprint density at radius 2 is 1.79 bits per heavy atom. The molecular weight excluding hydrogens is 248 g/mol. The third-order valence-corrected chi connectivity index (χ3v) is 4.94. The van der Waals surface area contributed by atoms with E-state index in [0.29, 0.717) is 0 Å². The minimum atomic E-state index is -1.24. The smallest absolute Gasteiger partial charge is 0.123 e. The maximum Gasteiger partial charge on any atom is 0.123 e. The van der Waals surface area contributed by atoms with E-state index in [1.807, 2.05) is 6.07 Å². The Bertz CT molecular complexity index is 403. The van der Waals surface area contributed by atoms with Gasteiger partial charge in [0.25, 0.3) is 0 Å². The summed E-state index contributed by atoms with van der Waals surface area (Å²) in [5.74, 6) is 0.335. The van der Waals surface area contributed by atoms with Gasteiger partial charge in [-0.1, -0.05) is 69.0 Å². The van der Waals surface area contributed by atoms with Crippen molar-refractivity contribution >= 4 is 14.4 Å². The van der Waals surface area contributed by atoms with E-state index in [0.717, 1.165) is 18.8 Å². The van der Waals surface area contributed by atoms with Gasteiger partial charge < -0.3 is 4.79 Å². The SMILES string of the molecule is CC/C=C/[C@@H](c1ccccc1)[C@@H](C=O)C[Si](C)(C)C. The zero-order chi connectivity index (χ0) is 14.3. The van der Waals surface area contributed by atoms with Crippen molar-refractivity contribution in [2.24, 2.45) is 5.92 Å². The van der Waals surface area contributed by atoms with Crippen LogP contribution in [0.25, 0.3) is 0 Å². The van der Waals surface area contributed by atoms with Crippen molar-refractivity contribution in [3.8, 4) is 0 Å². The van der Waals surface area contributed by atoms with Crippen LogP contribution in [0.15, 0.2) is 42.5 Å². The third kappa shape index (κ3) is 5.56. The number of allylic oxidation sites excluding steroid dienone is 2. The molecule has 0 radical (unpaired) electrons. The maximum absolute atomic E-state index is 11.5. The van der Waals surface area contributed by atoms with Gasteiger partial charge in [0.15, 0.2) is 0 Å². The molecule has 0 saturated heterocycles. The lowest BCUT2D eigenvalue weighted by Crippen LogP contribution is -2.27. The van der Waals surface area contributed by atoms with Gasteiger partial charge in [-0.05, 0) is 18.0 Å². The second-order valence-corrected chi connectivity index (χ2v) is 11.9. The van der Waals surface area contributed by atoms with Crippen LogP contribution < -0.4 is 0 Å². The molecular formula is C17H26OSi. The predicted octanol–water partition coefficient (Wildman–Crippen LogP) is 4.89. The second kappa shape index (κ2) is 7.44. The molecule has 1 nitrogen and oxygen atoms in total. The molecule has 104 valence electrons. The molecule has 0 amide bonds. The van der Waals surface area contributed by atoms with Crippen molar-refractivity contribution < 1.29 is 4.79 Å². The first-order valence-corrected chi connectivity index (χ1v) is 10.9. The van der Waals surface area contributed by atoms with Gasteiger partial charge in [-0.25, -0.2) is 0 Å². The summed E-state index contributed by atoms with van der Waals surface area (Å²) in [6.07, 6.45) is 6.57. The normalized spacial score (nSPS) is 15.4. The fraction of sp³-hybridized carbons (Fsp3) is 0.471. The molecule has 0 aliphatic heterocycles. The second-order valence-electron chi connectivity index (χ2n) is 6.34. The summed E-state index contributed by atoms with van der Waals surface area (Å²) >= 11 is 0. The number of hydrogen-bond acceptors (Lipinski definition) is 1. The van der Waals surface area contributed by atoms with E-state index >= 15 is 0 Å². The summed E-state index contributed by atoms with van der Waals surface area (Å²) in [5, 5.41) is 0. The zero-order valence-corrected chi connectivity index (χ0v) is 13.6. The Morgan fingerprint density at radius 1 is 1.16 bits per heavy atom. The number of benzene rings is 1. The summed E-state index contributed by atoms with van der Waals surface area (Å²) in [6.45, 7) is 9.12. The summed E-state index contributed by atoms with van der Waals surface area (Å²) in [7, 11) is -1.24. The van der Waals surface area contributed by atoms with Crippen molar-refractivity contribution in [1.82, 2.24) is 0 Å². The molecule has 1 aromatic rings. The van der Waals surface area contributed by atoms with Gasteiger partial charge in [-0.2, -0.15) is 0 Å². The molecule has 0 fully saturated rings. The van der Waals surface area contributed by atoms with Crippen molar-refractivity contribution in [2.45, 2.75) is 44.9 Å². The van der Waals surface area contributed by atoms with Crippen LogP contribution in [0.2, 0.25) is 25.7 Å². The van der Waals surface area contributed by atoms with Gasteiger partial charge in [0, 0.05) is 19.9 Å². The van der Waals surface area contributed by atoms with E-state index in [1.54, 1.807) is 0 Å². The maximum atomic E-state index is 11.5. The molecule has 0 bridgehead atoms. The van der Waals surface area contributed by atoms with Crippen molar-refractivity contribution in [3.63, 3.8) is 0 Å². The van der Waals surface area contributed by atoms with Crippen LogP contribution in [0, 0.1) is 5.92 Å². The topological polar surface area (TPSA) is 17.1 Å². The number of carbonyl (C=O) groups is 1. The molecule has 0 unspecified atom stereocenters. The molecule has 0 aliphatic rings. The number of aldehydes is 1. The summed E-state index contributed by atoms with van der Waals surface area (Å²) in [6, 6.07) is 11.4. The Morgan fingerprint density at radius 3 is 2.26 bits per heavy atom. The van der Waals surface area contributed by atoms with Crippen molar-refractivity contribution in [2.75, 3.05) is 0 Å². The van der Waals surface area contributed by atoms with Gasteiger partial charge in [0.05, 0.1) is 0 Å². The van der Waals surface area contributed by atoms with E-state index in [-0.39, 0.29) is 11.8 Å². The van der Waals surface area contributed by atoms with E-state index in [2.05, 4.69) is 63.0 Å². The van der Waals surface area contributed by atoms with E-state index < -0.39 is 8.07 Å². The first-order chi connectivity index (χ1) is 8.98. The Labute approximate surface area is 118 Å². The van der Waals surface area contributed by atoms with Gasteiger partial charge in [-0.15, -0.1) is 0 Å². The molecule has 0 heterocycles. The van der Waals surface area contributed by atoms with Crippen LogP contribution in [-0.2, 0) is 4.79 Å². The third-order valence-electron chi connectivity index (χ3n) is 3.25. The number of carbonyl (C=O) groups excluding carboxylic acids is 1. The summed E-state index contributed by atoms with van der Waals surface area (Å²) < 4.78 is 0. The molecule has 1 rings (SSSR count). The quantitative estimate of drug-likeness (QED) is 0.393. The fourth-order valence-corrected chi connectivity index (χ4v) is 4.19. The van der Waals surface area contributed by atoms with E-state index in [9.17, 15) is 4.79 Å². The number of rotatable bonds is 7. The minimum absolute atomic E-state index is 0.108. The Hall–Kier alpha value is -1.15. The molecule has 0 spiro atoms. The lowest BCUT2D eigenvalue weighted by molar-refractivity contribution is -0.110. The van der Waals surface area contributed by atoms with E-state index in [1.165, 1.54) is 5.56 Å². The van der Waals surface area contributed by atoms with E-state index in [4.69, 9.17) is 0 Å². The highest BCUT2D eigenvalue weighted by molar-refractivity contribution is 6.76. The molecule has 0 N–H and O–H groups in total. The monoisotopic (exact) mass is 274 g/mol. The lowest BCUT2D eigenvalue weighted by atomic mass is 9.87. The lowest BCUT2D eigenvalue weighted by Gasteiger charge is -2.26. The molecule has 1 aromatic carbocycles. The van der Waals surface area contributed by atoms with Crippen molar-refractivity contribution in [1.29, 1.82) is 0 Å². The van der Waals surface area contributed by atoms with Crippen LogP contribution in [0.5, 0.6) is 0 Å². The fourth-order valence-electron chi connectivity index (χ4n) is 2.43. The van der Waals surface area contributed by atoms with Crippen LogP contribution in [0.1, 0.15) is 24.8 Å². The first kappa shape index (κ1) is 15.9. The standard InChI is InChI=1S/C17H26OSi/c1-5-6-12-17(15-10-8-7-9-11-15)16(13-18)14-19(2,3)4/h6-13,16-17H,5,14H2,1-4H3/b12-6+/t16-,17-/m0/s1. The predicted molar refractivity (Wildman–Crippen MR) is 86.3 cm³/mol. The molecule has 2 atom stereocenters. The summed E-state index contributed by atoms with van der Waals surface area (Å²) in [5.41, 5.74) is 1.25. The highest BCUT2D eigenvalue weighted by Crippen LogP contribution is 2.31. The Balaban J connectivity index is 3.01. The first-order valence-electron chi connectivity index (χ1n) is 7.15. The average molecular weight is 274 g/mol. The van der Waals surface area contributed by atoms with Gasteiger partial charge >= 0.3 is 0 Å². The molecule has 19 heavy (non-hydrogen) atoms. The number of hydrogen-bond donors (Lipinski definition) is 0. The average Bonchev–Trinajstić information content (AvgIpc) is 2.37. The zero-order valence-electron chi connectivity index (χ0n) is 12.6. The van der Waals surface area contributed by atoms with Gasteiger partial charge in [0.2, 0.25) is 0 Å². The van der Waals surface area contributed by atoms with Crippen LogP contribution in [0.3, 0.4) is 0 Å². The van der Waals surface area contributed by atoms with Crippen LogP contribution in [-0.4, -0.2) is 14.4 Å². The Kier molecular flexibility index (Phi) is 6.23. The molecule has 0 saturated carbocycles. The minimum Gasteiger partial charge on any atom is -0.303 e. The molecule has 2 heteroatoms. The van der Waals surface area contributed by atoms with Crippen LogP contribution >= 0.6 is 0 Å². The van der Waals surface area contributed by atoms with Crippen LogP contribution in [0.4, 0.5) is 0 Å². The highest BCUT2D eigenvalue weighted by Gasteiger charge is 2.26. The van der Waals surface area contributed by atoms with Crippen molar-refractivity contribution in [3.05, 3.63) is 48.0 Å². The van der Waals surface area contributed by atoms with Gasteiger partial charge in [-0.3, -0.25) is 0 Å².